The van der Waals surface area contributed by atoms with Crippen LogP contribution in [0.1, 0.15) is 19.3 Å². The molecule has 2 heteroatoms. The maximum Gasteiger partial charge on any atom is 0.151 e. The molecule has 0 aromatic carbocycles. The molecule has 0 heterocycles. The molecule has 2 bridgehead atoms. The first-order chi connectivity index (χ1) is 5.81. The summed E-state index contributed by atoms with van der Waals surface area (Å²) < 4.78 is 0. The number of Topliss-reactive ketones (excluding diaryl/α,β-unsaturated/α-hetero) is 1. The van der Waals surface area contributed by atoms with Gasteiger partial charge in [-0.2, -0.15) is 0 Å². The van der Waals surface area contributed by atoms with Crippen LogP contribution in [0.3, 0.4) is 0 Å². The Morgan fingerprint density at radius 3 is 2.67 bits per heavy atom. The Balaban J connectivity index is 2.11. The van der Waals surface area contributed by atoms with Gasteiger partial charge in [-0.3, -0.25) is 4.79 Å². The maximum atomic E-state index is 11.4. The van der Waals surface area contributed by atoms with Gasteiger partial charge in [0.2, 0.25) is 0 Å². The molecule has 3 aliphatic carbocycles. The van der Waals surface area contributed by atoms with Gasteiger partial charge in [0.05, 0.1) is 5.88 Å². The Morgan fingerprint density at radius 2 is 2.25 bits per heavy atom. The summed E-state index contributed by atoms with van der Waals surface area (Å²) >= 11 is 5.55. The van der Waals surface area contributed by atoms with Gasteiger partial charge in [0.1, 0.15) is 0 Å². The Bertz CT molecular complexity index is 222. The number of rotatable bonds is 2. The van der Waals surface area contributed by atoms with Crippen LogP contribution < -0.4 is 0 Å². The van der Waals surface area contributed by atoms with E-state index in [-0.39, 0.29) is 17.6 Å². The van der Waals surface area contributed by atoms with Crippen LogP contribution in [-0.4, -0.2) is 11.7 Å². The lowest BCUT2D eigenvalue weighted by atomic mass is 9.68. The topological polar surface area (TPSA) is 17.1 Å². The van der Waals surface area contributed by atoms with E-state index in [0.29, 0.717) is 11.8 Å². The summed E-state index contributed by atoms with van der Waals surface area (Å²) in [5.41, 5.74) is 0. The first-order valence-electron chi connectivity index (χ1n) is 4.58. The van der Waals surface area contributed by atoms with Crippen LogP contribution >= 0.6 is 11.6 Å². The van der Waals surface area contributed by atoms with Crippen molar-refractivity contribution < 1.29 is 4.79 Å². The van der Waals surface area contributed by atoms with Gasteiger partial charge in [0.25, 0.3) is 0 Å². The Labute approximate surface area is 77.8 Å². The molecule has 0 radical (unpaired) electrons. The summed E-state index contributed by atoms with van der Waals surface area (Å²) in [5, 5.41) is 0. The van der Waals surface area contributed by atoms with Crippen LogP contribution in [0, 0.1) is 17.8 Å². The summed E-state index contributed by atoms with van der Waals surface area (Å²) in [6.07, 6.45) is 7.99. The smallest absolute Gasteiger partial charge is 0.151 e. The fourth-order valence-electron chi connectivity index (χ4n) is 2.40. The maximum absolute atomic E-state index is 11.4. The molecule has 3 atom stereocenters. The number of carbonyl (C=O) groups is 1. The fourth-order valence-corrected chi connectivity index (χ4v) is 2.60. The van der Waals surface area contributed by atoms with Gasteiger partial charge >= 0.3 is 0 Å². The largest absolute Gasteiger partial charge is 0.298 e. The van der Waals surface area contributed by atoms with Crippen LogP contribution in [-0.2, 0) is 4.79 Å². The second kappa shape index (κ2) is 3.21. The van der Waals surface area contributed by atoms with Crippen LogP contribution in [0.4, 0.5) is 0 Å². The van der Waals surface area contributed by atoms with E-state index in [1.165, 1.54) is 12.8 Å². The number of ketones is 1. The molecule has 1 fully saturated rings. The van der Waals surface area contributed by atoms with Crippen LogP contribution in [0.2, 0.25) is 0 Å². The number of carbonyl (C=O) groups excluding carboxylic acids is 1. The SMILES string of the molecule is O=C(CCl)C1CC2C=CC1CC2. The molecule has 3 rings (SSSR count). The van der Waals surface area contributed by atoms with Crippen molar-refractivity contribution in [3.63, 3.8) is 0 Å². The zero-order chi connectivity index (χ0) is 8.55. The van der Waals surface area contributed by atoms with Crippen molar-refractivity contribution in [2.75, 3.05) is 5.88 Å². The van der Waals surface area contributed by atoms with E-state index in [9.17, 15) is 4.79 Å². The number of hydrogen-bond acceptors (Lipinski definition) is 1. The molecule has 1 saturated carbocycles. The molecule has 0 N–H and O–H groups in total. The highest BCUT2D eigenvalue weighted by Gasteiger charge is 2.35. The molecule has 0 aromatic heterocycles. The van der Waals surface area contributed by atoms with Gasteiger partial charge in [-0.1, -0.05) is 12.2 Å². The zero-order valence-corrected chi connectivity index (χ0v) is 7.76. The molecule has 0 aliphatic heterocycles. The average Bonchev–Trinajstić information content (AvgIpc) is 2.18. The minimum Gasteiger partial charge on any atom is -0.298 e. The van der Waals surface area contributed by atoms with Gasteiger partial charge < -0.3 is 0 Å². The highest BCUT2D eigenvalue weighted by atomic mass is 35.5. The summed E-state index contributed by atoms with van der Waals surface area (Å²) in [6, 6.07) is 0. The fraction of sp³-hybridized carbons (Fsp3) is 0.700. The lowest BCUT2D eigenvalue weighted by Crippen LogP contribution is -2.33. The zero-order valence-electron chi connectivity index (χ0n) is 7.00. The van der Waals surface area contributed by atoms with E-state index in [0.717, 1.165) is 6.42 Å². The van der Waals surface area contributed by atoms with Crippen LogP contribution in [0.15, 0.2) is 12.2 Å². The molecular weight excluding hydrogens is 172 g/mol. The molecule has 0 spiro atoms. The lowest BCUT2D eigenvalue weighted by molar-refractivity contribution is -0.123. The van der Waals surface area contributed by atoms with Crippen molar-refractivity contribution in [3.8, 4) is 0 Å². The van der Waals surface area contributed by atoms with E-state index in [4.69, 9.17) is 11.6 Å². The van der Waals surface area contributed by atoms with E-state index in [2.05, 4.69) is 12.2 Å². The molecule has 3 aliphatic rings. The average molecular weight is 185 g/mol. The van der Waals surface area contributed by atoms with Crippen molar-refractivity contribution in [2.45, 2.75) is 19.3 Å². The molecular formula is C10H13ClO. The normalized spacial score (nSPS) is 38.6. The minimum absolute atomic E-state index is 0.196. The van der Waals surface area contributed by atoms with Crippen molar-refractivity contribution in [2.24, 2.45) is 17.8 Å². The third-order valence-corrected chi connectivity index (χ3v) is 3.38. The Morgan fingerprint density at radius 1 is 1.42 bits per heavy atom. The minimum atomic E-state index is 0.196. The van der Waals surface area contributed by atoms with Crippen LogP contribution in [0.25, 0.3) is 0 Å². The van der Waals surface area contributed by atoms with E-state index < -0.39 is 0 Å². The molecule has 0 amide bonds. The molecule has 66 valence electrons. The highest BCUT2D eigenvalue weighted by Crippen LogP contribution is 2.40. The lowest BCUT2D eigenvalue weighted by Gasteiger charge is -2.36. The third-order valence-electron chi connectivity index (χ3n) is 3.12. The van der Waals surface area contributed by atoms with Gasteiger partial charge in [-0.25, -0.2) is 0 Å². The summed E-state index contributed by atoms with van der Waals surface area (Å²) in [5.74, 6) is 1.84. The second-order valence-corrected chi connectivity index (χ2v) is 4.10. The second-order valence-electron chi connectivity index (χ2n) is 3.83. The van der Waals surface area contributed by atoms with E-state index >= 15 is 0 Å². The number of allylic oxidation sites excluding steroid dienone is 2. The van der Waals surface area contributed by atoms with Crippen molar-refractivity contribution >= 4 is 17.4 Å². The van der Waals surface area contributed by atoms with Crippen LogP contribution in [0.5, 0.6) is 0 Å². The van der Waals surface area contributed by atoms with Crippen molar-refractivity contribution in [1.82, 2.24) is 0 Å². The van der Waals surface area contributed by atoms with E-state index in [1.807, 2.05) is 0 Å². The quantitative estimate of drug-likeness (QED) is 0.476. The Kier molecular flexibility index (Phi) is 2.22. The van der Waals surface area contributed by atoms with Gasteiger partial charge in [0.15, 0.2) is 5.78 Å². The number of fused-ring (bicyclic) bond motifs is 2. The molecule has 1 nitrogen and oxygen atoms in total. The third kappa shape index (κ3) is 1.31. The molecule has 12 heavy (non-hydrogen) atoms. The van der Waals surface area contributed by atoms with Gasteiger partial charge in [-0.05, 0) is 31.1 Å². The standard InChI is InChI=1S/C10H13ClO/c11-6-10(12)9-5-7-1-3-8(9)4-2-7/h1,3,7-9H,2,4-6H2. The van der Waals surface area contributed by atoms with Gasteiger partial charge in [-0.15, -0.1) is 11.6 Å². The highest BCUT2D eigenvalue weighted by molar-refractivity contribution is 6.27. The first kappa shape index (κ1) is 8.31. The number of halogens is 1. The predicted molar refractivity (Wildman–Crippen MR) is 49.2 cm³/mol. The molecule has 0 aromatic rings. The van der Waals surface area contributed by atoms with Gasteiger partial charge in [0, 0.05) is 5.92 Å². The number of hydrogen-bond donors (Lipinski definition) is 0. The van der Waals surface area contributed by atoms with E-state index in [1.54, 1.807) is 0 Å². The Hall–Kier alpha value is -0.300. The monoisotopic (exact) mass is 184 g/mol. The van der Waals surface area contributed by atoms with Crippen molar-refractivity contribution in [3.05, 3.63) is 12.2 Å². The summed E-state index contributed by atoms with van der Waals surface area (Å²) in [7, 11) is 0. The molecule has 0 saturated heterocycles. The number of alkyl halides is 1. The predicted octanol–water partition coefficient (Wildman–Crippen LogP) is 2.40. The summed E-state index contributed by atoms with van der Waals surface area (Å²) in [6.45, 7) is 0. The summed E-state index contributed by atoms with van der Waals surface area (Å²) in [4.78, 5) is 11.4. The first-order valence-corrected chi connectivity index (χ1v) is 5.11. The van der Waals surface area contributed by atoms with Crippen molar-refractivity contribution in [1.29, 1.82) is 0 Å². The molecule has 3 unspecified atom stereocenters.